The molecule has 0 radical (unpaired) electrons. The lowest BCUT2D eigenvalue weighted by molar-refractivity contribution is -0.174. The quantitative estimate of drug-likeness (QED) is 0.668. The zero-order valence-corrected chi connectivity index (χ0v) is 12.9. The first-order valence-electron chi connectivity index (χ1n) is 5.86. The van der Waals surface area contributed by atoms with Crippen LogP contribution < -0.4 is 5.32 Å². The van der Waals surface area contributed by atoms with E-state index in [1.807, 2.05) is 26.8 Å². The summed E-state index contributed by atoms with van der Waals surface area (Å²) < 4.78 is 0. The number of aryl methyl sites for hydroxylation is 1. The molecule has 1 N–H and O–H groups in total. The molecule has 0 atom stereocenters. The first kappa shape index (κ1) is 15.7. The van der Waals surface area contributed by atoms with E-state index in [4.69, 9.17) is 28.7 Å². The molecule has 1 aromatic rings. The Labute approximate surface area is 123 Å². The molecule has 1 rings (SSSR count). The fourth-order valence-corrected chi connectivity index (χ4v) is 1.95. The standard InChI is InChI=1S/C13H17ClN2O2S/c1-8(2)16(18-10(4)17)13(19)15-12-7-11(14)6-5-9(12)3/h5-8H,1-4H3,(H,15,19). The summed E-state index contributed by atoms with van der Waals surface area (Å²) >= 11 is 11.2. The Morgan fingerprint density at radius 2 is 2.11 bits per heavy atom. The van der Waals surface area contributed by atoms with Crippen LogP contribution in [0.2, 0.25) is 5.02 Å². The molecule has 0 bridgehead atoms. The average Bonchev–Trinajstić information content (AvgIpc) is 2.30. The van der Waals surface area contributed by atoms with Gasteiger partial charge in [-0.3, -0.25) is 4.79 Å². The average molecular weight is 301 g/mol. The predicted molar refractivity (Wildman–Crippen MR) is 81.2 cm³/mol. The lowest BCUT2D eigenvalue weighted by Gasteiger charge is -2.27. The fourth-order valence-electron chi connectivity index (χ4n) is 1.42. The summed E-state index contributed by atoms with van der Waals surface area (Å²) in [6.07, 6.45) is 0. The van der Waals surface area contributed by atoms with Crippen LogP contribution in [0.25, 0.3) is 0 Å². The highest BCUT2D eigenvalue weighted by Gasteiger charge is 2.17. The smallest absolute Gasteiger partial charge is 0.329 e. The number of rotatable bonds is 2. The molecule has 0 heterocycles. The van der Waals surface area contributed by atoms with Crippen LogP contribution in [0.4, 0.5) is 5.69 Å². The maximum Gasteiger partial charge on any atom is 0.329 e. The predicted octanol–water partition coefficient (Wildman–Crippen LogP) is 3.53. The Hall–Kier alpha value is -1.33. The number of carbonyl (C=O) groups excluding carboxylic acids is 1. The van der Waals surface area contributed by atoms with Crippen LogP contribution in [0.15, 0.2) is 18.2 Å². The monoisotopic (exact) mass is 300 g/mol. The first-order valence-corrected chi connectivity index (χ1v) is 6.64. The third-order valence-electron chi connectivity index (χ3n) is 2.34. The van der Waals surface area contributed by atoms with Crippen LogP contribution in [-0.2, 0) is 9.63 Å². The van der Waals surface area contributed by atoms with Gasteiger partial charge in [0.15, 0.2) is 0 Å². The summed E-state index contributed by atoms with van der Waals surface area (Å²) in [6.45, 7) is 7.03. The molecule has 6 heteroatoms. The van der Waals surface area contributed by atoms with Gasteiger partial charge in [0.25, 0.3) is 0 Å². The van der Waals surface area contributed by atoms with Crippen molar-refractivity contribution in [3.05, 3.63) is 28.8 Å². The van der Waals surface area contributed by atoms with Crippen LogP contribution in [0, 0.1) is 6.92 Å². The lowest BCUT2D eigenvalue weighted by atomic mass is 10.2. The molecule has 0 fully saturated rings. The van der Waals surface area contributed by atoms with Gasteiger partial charge in [-0.2, -0.15) is 5.06 Å². The van der Waals surface area contributed by atoms with Crippen molar-refractivity contribution in [2.24, 2.45) is 0 Å². The number of hydrogen-bond donors (Lipinski definition) is 1. The van der Waals surface area contributed by atoms with Gasteiger partial charge in [-0.1, -0.05) is 17.7 Å². The van der Waals surface area contributed by atoms with Crippen LogP contribution >= 0.6 is 23.8 Å². The van der Waals surface area contributed by atoms with Crippen molar-refractivity contribution < 1.29 is 9.63 Å². The summed E-state index contributed by atoms with van der Waals surface area (Å²) in [6, 6.07) is 5.40. The topological polar surface area (TPSA) is 41.6 Å². The number of hydroxylamine groups is 2. The van der Waals surface area contributed by atoms with Gasteiger partial charge < -0.3 is 10.2 Å². The van der Waals surface area contributed by atoms with E-state index in [0.717, 1.165) is 11.3 Å². The molecule has 0 aliphatic rings. The minimum atomic E-state index is -0.416. The Balaban J connectivity index is 2.87. The molecule has 0 aliphatic heterocycles. The number of benzene rings is 1. The van der Waals surface area contributed by atoms with E-state index in [-0.39, 0.29) is 6.04 Å². The van der Waals surface area contributed by atoms with Gasteiger partial charge >= 0.3 is 5.97 Å². The maximum absolute atomic E-state index is 11.1. The van der Waals surface area contributed by atoms with Crippen molar-refractivity contribution in [2.45, 2.75) is 33.7 Å². The Bertz CT molecular complexity index is 492. The Morgan fingerprint density at radius 1 is 1.47 bits per heavy atom. The van der Waals surface area contributed by atoms with E-state index in [1.54, 1.807) is 12.1 Å². The number of halogens is 1. The van der Waals surface area contributed by atoms with E-state index >= 15 is 0 Å². The summed E-state index contributed by atoms with van der Waals surface area (Å²) in [5, 5.41) is 5.32. The number of nitrogens with one attached hydrogen (secondary N) is 1. The third kappa shape index (κ3) is 4.69. The zero-order valence-electron chi connectivity index (χ0n) is 11.4. The molecule has 1 aromatic carbocycles. The summed E-state index contributed by atoms with van der Waals surface area (Å²) in [7, 11) is 0. The molecule has 0 saturated heterocycles. The normalized spacial score (nSPS) is 10.2. The molecular formula is C13H17ClN2O2S. The van der Waals surface area contributed by atoms with E-state index in [0.29, 0.717) is 10.1 Å². The Morgan fingerprint density at radius 3 is 2.63 bits per heavy atom. The van der Waals surface area contributed by atoms with Crippen LogP contribution in [0.5, 0.6) is 0 Å². The lowest BCUT2D eigenvalue weighted by Crippen LogP contribution is -2.41. The molecule has 0 amide bonds. The van der Waals surface area contributed by atoms with Gasteiger partial charge in [-0.25, -0.2) is 0 Å². The highest BCUT2D eigenvalue weighted by Crippen LogP contribution is 2.21. The van der Waals surface area contributed by atoms with Gasteiger partial charge in [-0.15, -0.1) is 0 Å². The summed E-state index contributed by atoms with van der Waals surface area (Å²) in [5.41, 5.74) is 1.79. The highest BCUT2D eigenvalue weighted by atomic mass is 35.5. The van der Waals surface area contributed by atoms with E-state index in [2.05, 4.69) is 5.32 Å². The first-order chi connectivity index (χ1) is 8.81. The van der Waals surface area contributed by atoms with Crippen molar-refractivity contribution in [3.8, 4) is 0 Å². The number of carbonyl (C=O) groups is 1. The molecule has 0 saturated carbocycles. The molecule has 19 heavy (non-hydrogen) atoms. The Kier molecular flexibility index (Phi) is 5.57. The van der Waals surface area contributed by atoms with Gasteiger partial charge in [0.05, 0.1) is 6.04 Å². The van der Waals surface area contributed by atoms with Crippen LogP contribution in [-0.4, -0.2) is 22.2 Å². The molecule has 0 unspecified atom stereocenters. The largest absolute Gasteiger partial charge is 0.339 e. The van der Waals surface area contributed by atoms with Crippen molar-refractivity contribution >= 4 is 40.6 Å². The van der Waals surface area contributed by atoms with Crippen molar-refractivity contribution in [3.63, 3.8) is 0 Å². The number of anilines is 1. The van der Waals surface area contributed by atoms with Crippen molar-refractivity contribution in [1.82, 2.24) is 5.06 Å². The molecular weight excluding hydrogens is 284 g/mol. The third-order valence-corrected chi connectivity index (χ3v) is 2.85. The zero-order chi connectivity index (χ0) is 14.6. The second kappa shape index (κ2) is 6.73. The van der Waals surface area contributed by atoms with Gasteiger partial charge in [0.2, 0.25) is 5.11 Å². The molecule has 4 nitrogen and oxygen atoms in total. The number of thiocarbonyl (C=S) groups is 1. The summed E-state index contributed by atoms with van der Waals surface area (Å²) in [4.78, 5) is 16.1. The molecule has 0 aliphatic carbocycles. The van der Waals surface area contributed by atoms with Gasteiger partial charge in [0, 0.05) is 17.6 Å². The van der Waals surface area contributed by atoms with Crippen LogP contribution in [0.3, 0.4) is 0 Å². The second-order valence-corrected chi connectivity index (χ2v) is 5.21. The van der Waals surface area contributed by atoms with Crippen molar-refractivity contribution in [2.75, 3.05) is 5.32 Å². The minimum Gasteiger partial charge on any atom is -0.339 e. The van der Waals surface area contributed by atoms with Gasteiger partial charge in [-0.05, 0) is 50.7 Å². The maximum atomic E-state index is 11.1. The SMILES string of the molecule is CC(=O)ON(C(=S)Nc1cc(Cl)ccc1C)C(C)C. The van der Waals surface area contributed by atoms with E-state index in [1.165, 1.54) is 12.0 Å². The molecule has 104 valence electrons. The van der Waals surface area contributed by atoms with Gasteiger partial charge in [0.1, 0.15) is 0 Å². The summed E-state index contributed by atoms with van der Waals surface area (Å²) in [5.74, 6) is -0.416. The highest BCUT2D eigenvalue weighted by molar-refractivity contribution is 7.80. The van der Waals surface area contributed by atoms with E-state index < -0.39 is 5.97 Å². The van der Waals surface area contributed by atoms with E-state index in [9.17, 15) is 4.79 Å². The second-order valence-electron chi connectivity index (χ2n) is 4.39. The number of nitrogens with zero attached hydrogens (tertiary/aromatic N) is 1. The molecule has 0 aromatic heterocycles. The number of hydrogen-bond acceptors (Lipinski definition) is 3. The molecule has 0 spiro atoms. The fraction of sp³-hybridized carbons (Fsp3) is 0.385. The minimum absolute atomic E-state index is 0.0663. The van der Waals surface area contributed by atoms with Crippen LogP contribution in [0.1, 0.15) is 26.3 Å². The van der Waals surface area contributed by atoms with Crippen molar-refractivity contribution in [1.29, 1.82) is 0 Å².